The Morgan fingerprint density at radius 3 is 2.30 bits per heavy atom. The molecule has 0 spiro atoms. The van der Waals surface area contributed by atoms with Crippen molar-refractivity contribution in [3.63, 3.8) is 0 Å². The van der Waals surface area contributed by atoms with Crippen LogP contribution in [0, 0.1) is 0 Å². The van der Waals surface area contributed by atoms with Gasteiger partial charge in [0.1, 0.15) is 5.75 Å². The predicted molar refractivity (Wildman–Crippen MR) is 78.4 cm³/mol. The average molecular weight is 292 g/mol. The molecule has 0 aromatic heterocycles. The maximum atomic E-state index is 10.6. The first-order chi connectivity index (χ1) is 9.56. The molecule has 106 valence electrons. The van der Waals surface area contributed by atoms with Gasteiger partial charge in [-0.1, -0.05) is 48.5 Å². The molecule has 0 bridgehead atoms. The van der Waals surface area contributed by atoms with Gasteiger partial charge in [0.2, 0.25) is 0 Å². The highest BCUT2D eigenvalue weighted by atomic mass is 32.2. The number of benzene rings is 2. The van der Waals surface area contributed by atoms with Crippen molar-refractivity contribution in [1.82, 2.24) is 0 Å². The van der Waals surface area contributed by atoms with Gasteiger partial charge in [-0.2, -0.15) is 8.42 Å². The Morgan fingerprint density at radius 2 is 1.60 bits per heavy atom. The molecule has 2 aromatic rings. The summed E-state index contributed by atoms with van der Waals surface area (Å²) in [5, 5.41) is 0. The number of rotatable bonds is 6. The molecule has 20 heavy (non-hydrogen) atoms. The van der Waals surface area contributed by atoms with E-state index in [0.717, 1.165) is 11.1 Å². The topological polar surface area (TPSA) is 63.6 Å². The molecule has 1 N–H and O–H groups in total. The van der Waals surface area contributed by atoms with Crippen LogP contribution in [0.25, 0.3) is 11.1 Å². The zero-order valence-corrected chi connectivity index (χ0v) is 11.7. The van der Waals surface area contributed by atoms with E-state index in [1.54, 1.807) is 0 Å². The Kier molecular flexibility index (Phi) is 4.76. The van der Waals surface area contributed by atoms with Crippen LogP contribution >= 0.6 is 0 Å². The van der Waals surface area contributed by atoms with Crippen molar-refractivity contribution < 1.29 is 17.7 Å². The number of hydrogen-bond donors (Lipinski definition) is 1. The van der Waals surface area contributed by atoms with Crippen molar-refractivity contribution in [2.45, 2.75) is 6.42 Å². The third-order valence-electron chi connectivity index (χ3n) is 2.78. The van der Waals surface area contributed by atoms with Crippen LogP contribution in [0.2, 0.25) is 0 Å². The molecule has 0 amide bonds. The predicted octanol–water partition coefficient (Wildman–Crippen LogP) is 3.01. The van der Waals surface area contributed by atoms with Gasteiger partial charge in [0.15, 0.2) is 0 Å². The maximum Gasteiger partial charge on any atom is 0.264 e. The molecule has 2 aromatic carbocycles. The van der Waals surface area contributed by atoms with E-state index in [9.17, 15) is 8.42 Å². The third-order valence-corrected chi connectivity index (χ3v) is 3.58. The monoisotopic (exact) mass is 292 g/mol. The van der Waals surface area contributed by atoms with E-state index >= 15 is 0 Å². The first kappa shape index (κ1) is 14.6. The largest absolute Gasteiger partial charge is 0.493 e. The molecule has 0 aliphatic heterocycles. The molecule has 5 heteroatoms. The van der Waals surface area contributed by atoms with Crippen LogP contribution in [0.1, 0.15) is 6.42 Å². The molecule has 0 unspecified atom stereocenters. The van der Waals surface area contributed by atoms with Crippen LogP contribution in [-0.4, -0.2) is 25.3 Å². The van der Waals surface area contributed by atoms with Gasteiger partial charge in [0.05, 0.1) is 12.4 Å². The van der Waals surface area contributed by atoms with Crippen LogP contribution < -0.4 is 4.74 Å². The SMILES string of the molecule is O=S(=O)(O)CCCOc1ccccc1-c1ccccc1. The minimum absolute atomic E-state index is 0.240. The molecule has 0 aliphatic carbocycles. The fourth-order valence-corrected chi connectivity index (χ4v) is 2.35. The molecule has 0 saturated carbocycles. The quantitative estimate of drug-likeness (QED) is 0.656. The minimum Gasteiger partial charge on any atom is -0.493 e. The van der Waals surface area contributed by atoms with Gasteiger partial charge in [0.25, 0.3) is 10.1 Å². The lowest BCUT2D eigenvalue weighted by molar-refractivity contribution is 0.317. The Hall–Kier alpha value is -1.85. The second kappa shape index (κ2) is 6.54. The molecule has 0 aliphatic rings. The van der Waals surface area contributed by atoms with Crippen molar-refractivity contribution >= 4 is 10.1 Å². The maximum absolute atomic E-state index is 10.6. The highest BCUT2D eigenvalue weighted by Crippen LogP contribution is 2.29. The van der Waals surface area contributed by atoms with Gasteiger partial charge >= 0.3 is 0 Å². The second-order valence-electron chi connectivity index (χ2n) is 4.35. The molecule has 0 heterocycles. The second-order valence-corrected chi connectivity index (χ2v) is 5.92. The van der Waals surface area contributed by atoms with Gasteiger partial charge in [0, 0.05) is 5.56 Å². The summed E-state index contributed by atoms with van der Waals surface area (Å²) in [7, 11) is -3.92. The molecule has 0 fully saturated rings. The van der Waals surface area contributed by atoms with E-state index in [2.05, 4.69) is 0 Å². The van der Waals surface area contributed by atoms with E-state index in [0.29, 0.717) is 5.75 Å². The minimum atomic E-state index is -3.92. The molecule has 0 radical (unpaired) electrons. The number of ether oxygens (including phenoxy) is 1. The third kappa shape index (κ3) is 4.36. The van der Waals surface area contributed by atoms with E-state index in [-0.39, 0.29) is 18.8 Å². The van der Waals surface area contributed by atoms with Gasteiger partial charge < -0.3 is 4.74 Å². The number of para-hydroxylation sites is 1. The lowest BCUT2D eigenvalue weighted by Crippen LogP contribution is -2.08. The summed E-state index contributed by atoms with van der Waals surface area (Å²) in [4.78, 5) is 0. The summed E-state index contributed by atoms with van der Waals surface area (Å²) in [5.74, 6) is 0.412. The zero-order valence-electron chi connectivity index (χ0n) is 10.9. The van der Waals surface area contributed by atoms with E-state index in [1.807, 2.05) is 54.6 Å². The molecule has 4 nitrogen and oxygen atoms in total. The van der Waals surface area contributed by atoms with Crippen LogP contribution in [0.15, 0.2) is 54.6 Å². The normalized spacial score (nSPS) is 11.2. The lowest BCUT2D eigenvalue weighted by atomic mass is 10.1. The van der Waals surface area contributed by atoms with Crippen molar-refractivity contribution in [3.8, 4) is 16.9 Å². The van der Waals surface area contributed by atoms with Crippen molar-refractivity contribution in [2.75, 3.05) is 12.4 Å². The van der Waals surface area contributed by atoms with Gasteiger partial charge in [-0.25, -0.2) is 0 Å². The van der Waals surface area contributed by atoms with Crippen LogP contribution in [0.5, 0.6) is 5.75 Å². The summed E-state index contributed by atoms with van der Waals surface area (Å²) < 4.78 is 35.5. The molecular weight excluding hydrogens is 276 g/mol. The first-order valence-electron chi connectivity index (χ1n) is 6.29. The van der Waals surface area contributed by atoms with Crippen molar-refractivity contribution in [2.24, 2.45) is 0 Å². The standard InChI is InChI=1S/C15H16O4S/c16-20(17,18)12-6-11-19-15-10-5-4-9-14(15)13-7-2-1-3-8-13/h1-5,7-10H,6,11-12H2,(H,16,17,18). The lowest BCUT2D eigenvalue weighted by Gasteiger charge is -2.11. The van der Waals surface area contributed by atoms with E-state index < -0.39 is 10.1 Å². The molecule has 2 rings (SSSR count). The Morgan fingerprint density at radius 1 is 0.950 bits per heavy atom. The van der Waals surface area contributed by atoms with E-state index in [4.69, 9.17) is 9.29 Å². The fourth-order valence-electron chi connectivity index (χ4n) is 1.87. The zero-order chi connectivity index (χ0) is 14.4. The fraction of sp³-hybridized carbons (Fsp3) is 0.200. The molecular formula is C15H16O4S. The van der Waals surface area contributed by atoms with Crippen LogP contribution in [-0.2, 0) is 10.1 Å². The van der Waals surface area contributed by atoms with Gasteiger partial charge in [-0.3, -0.25) is 4.55 Å². The Labute approximate surface area is 118 Å². The van der Waals surface area contributed by atoms with Crippen LogP contribution in [0.3, 0.4) is 0 Å². The van der Waals surface area contributed by atoms with E-state index in [1.165, 1.54) is 0 Å². The summed E-state index contributed by atoms with van der Waals surface area (Å²) >= 11 is 0. The van der Waals surface area contributed by atoms with Gasteiger partial charge in [-0.05, 0) is 18.1 Å². The Bertz CT molecular complexity index is 651. The summed E-state index contributed by atoms with van der Waals surface area (Å²) in [5.41, 5.74) is 2.00. The number of hydrogen-bond acceptors (Lipinski definition) is 3. The van der Waals surface area contributed by atoms with Crippen molar-refractivity contribution in [1.29, 1.82) is 0 Å². The highest BCUT2D eigenvalue weighted by Gasteiger charge is 2.07. The molecule has 0 atom stereocenters. The summed E-state index contributed by atoms with van der Waals surface area (Å²) in [6, 6.07) is 17.4. The van der Waals surface area contributed by atoms with Crippen molar-refractivity contribution in [3.05, 3.63) is 54.6 Å². The van der Waals surface area contributed by atoms with Gasteiger partial charge in [-0.15, -0.1) is 0 Å². The smallest absolute Gasteiger partial charge is 0.264 e. The summed E-state index contributed by atoms with van der Waals surface area (Å²) in [6.07, 6.45) is 0.252. The molecule has 0 saturated heterocycles. The Balaban J connectivity index is 2.06. The summed E-state index contributed by atoms with van der Waals surface area (Å²) in [6.45, 7) is 0.240. The average Bonchev–Trinajstić information content (AvgIpc) is 2.44. The first-order valence-corrected chi connectivity index (χ1v) is 7.89. The van der Waals surface area contributed by atoms with Crippen LogP contribution in [0.4, 0.5) is 0 Å². The highest BCUT2D eigenvalue weighted by molar-refractivity contribution is 7.85.